The highest BCUT2D eigenvalue weighted by atomic mass is 16.6. The van der Waals surface area contributed by atoms with E-state index in [4.69, 9.17) is 4.84 Å². The lowest BCUT2D eigenvalue weighted by atomic mass is 9.96. The predicted molar refractivity (Wildman–Crippen MR) is 145 cm³/mol. The first kappa shape index (κ1) is 25.9. The third-order valence-corrected chi connectivity index (χ3v) is 6.73. The van der Waals surface area contributed by atoms with Crippen LogP contribution in [0.2, 0.25) is 0 Å². The molecule has 0 aliphatic carbocycles. The van der Waals surface area contributed by atoms with Crippen molar-refractivity contribution in [1.82, 2.24) is 10.2 Å². The fourth-order valence-corrected chi connectivity index (χ4v) is 4.85. The van der Waals surface area contributed by atoms with Gasteiger partial charge in [-0.2, -0.15) is 0 Å². The van der Waals surface area contributed by atoms with Gasteiger partial charge in [-0.05, 0) is 66.3 Å². The molecule has 7 heteroatoms. The number of aryl methyl sites for hydroxylation is 2. The number of nitrogens with zero attached hydrogens (tertiary/aromatic N) is 2. The zero-order valence-corrected chi connectivity index (χ0v) is 21.5. The number of rotatable bonds is 8. The van der Waals surface area contributed by atoms with E-state index in [9.17, 15) is 14.7 Å². The number of benzene rings is 3. The first-order chi connectivity index (χ1) is 17.9. The van der Waals surface area contributed by atoms with Gasteiger partial charge >= 0.3 is 0 Å². The molecule has 0 aromatic heterocycles. The second-order valence-electron chi connectivity index (χ2n) is 9.45. The number of oxime groups is 1. The molecule has 0 unspecified atom stereocenters. The third-order valence-electron chi connectivity index (χ3n) is 6.73. The SMILES string of the molecule is CON=C1C[C@@H](CC(=O)NCCc2cccc(O)c2)N(C(=O)c2ccc(-c3ccccc3C)cc2C)C1. The van der Waals surface area contributed by atoms with Gasteiger partial charge in [0.05, 0.1) is 12.3 Å². The molecule has 1 atom stereocenters. The largest absolute Gasteiger partial charge is 0.508 e. The maximum atomic E-state index is 13.6. The Hall–Kier alpha value is -4.13. The Morgan fingerprint density at radius 2 is 1.86 bits per heavy atom. The van der Waals surface area contributed by atoms with Gasteiger partial charge < -0.3 is 20.2 Å². The molecule has 1 heterocycles. The molecule has 0 radical (unpaired) electrons. The maximum Gasteiger partial charge on any atom is 0.254 e. The molecular weight excluding hydrogens is 466 g/mol. The molecule has 2 N–H and O–H groups in total. The molecule has 1 aliphatic rings. The van der Waals surface area contributed by atoms with Crippen molar-refractivity contribution in [2.45, 2.75) is 39.2 Å². The second-order valence-corrected chi connectivity index (χ2v) is 9.45. The van der Waals surface area contributed by atoms with Gasteiger partial charge in [-0.15, -0.1) is 0 Å². The van der Waals surface area contributed by atoms with E-state index < -0.39 is 0 Å². The average molecular weight is 500 g/mol. The van der Waals surface area contributed by atoms with E-state index in [-0.39, 0.29) is 30.0 Å². The van der Waals surface area contributed by atoms with Crippen molar-refractivity contribution in [1.29, 1.82) is 0 Å². The van der Waals surface area contributed by atoms with Crippen molar-refractivity contribution in [2.24, 2.45) is 5.16 Å². The van der Waals surface area contributed by atoms with Gasteiger partial charge in [0.1, 0.15) is 12.9 Å². The summed E-state index contributed by atoms with van der Waals surface area (Å²) in [5, 5.41) is 16.6. The number of aromatic hydroxyl groups is 1. The number of phenolic OH excluding ortho intramolecular Hbond substituents is 1. The van der Waals surface area contributed by atoms with E-state index in [0.29, 0.717) is 31.5 Å². The Labute approximate surface area is 217 Å². The van der Waals surface area contributed by atoms with E-state index in [1.165, 1.54) is 12.7 Å². The van der Waals surface area contributed by atoms with Crippen LogP contribution in [0, 0.1) is 13.8 Å². The fourth-order valence-electron chi connectivity index (χ4n) is 4.85. The Kier molecular flexibility index (Phi) is 8.23. The summed E-state index contributed by atoms with van der Waals surface area (Å²) >= 11 is 0. The number of hydrogen-bond acceptors (Lipinski definition) is 5. The van der Waals surface area contributed by atoms with Crippen LogP contribution in [-0.2, 0) is 16.1 Å². The average Bonchev–Trinajstić information content (AvgIpc) is 3.26. The molecule has 2 amide bonds. The van der Waals surface area contributed by atoms with Crippen molar-refractivity contribution in [3.8, 4) is 16.9 Å². The minimum atomic E-state index is -0.308. The summed E-state index contributed by atoms with van der Waals surface area (Å²) in [6.07, 6.45) is 1.27. The summed E-state index contributed by atoms with van der Waals surface area (Å²) in [4.78, 5) is 33.1. The third kappa shape index (κ3) is 6.36. The van der Waals surface area contributed by atoms with Crippen LogP contribution in [-0.4, -0.2) is 53.8 Å². The molecule has 1 aliphatic heterocycles. The monoisotopic (exact) mass is 499 g/mol. The zero-order chi connectivity index (χ0) is 26.4. The van der Waals surface area contributed by atoms with Crippen LogP contribution in [0.3, 0.4) is 0 Å². The molecule has 3 aromatic rings. The van der Waals surface area contributed by atoms with Crippen molar-refractivity contribution in [2.75, 3.05) is 20.2 Å². The van der Waals surface area contributed by atoms with Crippen LogP contribution in [0.5, 0.6) is 5.75 Å². The van der Waals surface area contributed by atoms with Crippen molar-refractivity contribution >= 4 is 17.5 Å². The number of amides is 2. The predicted octanol–water partition coefficient (Wildman–Crippen LogP) is 4.64. The summed E-state index contributed by atoms with van der Waals surface area (Å²) in [6.45, 7) is 4.79. The molecule has 37 heavy (non-hydrogen) atoms. The van der Waals surface area contributed by atoms with Gasteiger partial charge in [-0.3, -0.25) is 9.59 Å². The minimum Gasteiger partial charge on any atom is -0.508 e. The van der Waals surface area contributed by atoms with E-state index in [0.717, 1.165) is 28.0 Å². The molecule has 1 fully saturated rings. The normalized spacial score (nSPS) is 16.1. The standard InChI is InChI=1S/C30H33N3O4/c1-20-7-4-5-10-27(20)23-11-12-28(21(2)15-23)30(36)33-19-24(32-37-3)17-25(33)18-29(35)31-14-13-22-8-6-9-26(34)16-22/h4-12,15-16,25,34H,13-14,17-19H2,1-3H3,(H,31,35)/t25-/m0/s1. The molecular formula is C30H33N3O4. The lowest BCUT2D eigenvalue weighted by Gasteiger charge is -2.25. The number of phenols is 1. The van der Waals surface area contributed by atoms with Gasteiger partial charge in [-0.1, -0.05) is 53.7 Å². The Morgan fingerprint density at radius 1 is 1.05 bits per heavy atom. The molecule has 4 rings (SSSR count). The van der Waals surface area contributed by atoms with Crippen LogP contribution < -0.4 is 5.32 Å². The topological polar surface area (TPSA) is 91.2 Å². The number of nitrogens with one attached hydrogen (secondary N) is 1. The van der Waals surface area contributed by atoms with Crippen molar-refractivity contribution < 1.29 is 19.5 Å². The molecule has 0 saturated carbocycles. The summed E-state index contributed by atoms with van der Waals surface area (Å²) in [6, 6.07) is 20.7. The molecule has 0 spiro atoms. The van der Waals surface area contributed by atoms with Crippen LogP contribution in [0.1, 0.15) is 39.9 Å². The van der Waals surface area contributed by atoms with Gasteiger partial charge in [-0.25, -0.2) is 0 Å². The summed E-state index contributed by atoms with van der Waals surface area (Å²) in [7, 11) is 1.48. The van der Waals surface area contributed by atoms with E-state index >= 15 is 0 Å². The van der Waals surface area contributed by atoms with Crippen LogP contribution >= 0.6 is 0 Å². The Morgan fingerprint density at radius 3 is 2.59 bits per heavy atom. The lowest BCUT2D eigenvalue weighted by Crippen LogP contribution is -2.39. The smallest absolute Gasteiger partial charge is 0.254 e. The van der Waals surface area contributed by atoms with Crippen molar-refractivity contribution in [3.05, 3.63) is 89.0 Å². The molecule has 192 valence electrons. The number of carbonyl (C=O) groups excluding carboxylic acids is 2. The van der Waals surface area contributed by atoms with Crippen molar-refractivity contribution in [3.63, 3.8) is 0 Å². The Bertz CT molecular complexity index is 1320. The summed E-state index contributed by atoms with van der Waals surface area (Å²) in [5.41, 5.74) is 6.57. The fraction of sp³-hybridized carbons (Fsp3) is 0.300. The number of carbonyl (C=O) groups is 2. The molecule has 7 nitrogen and oxygen atoms in total. The molecule has 1 saturated heterocycles. The highest BCUT2D eigenvalue weighted by Crippen LogP contribution is 2.28. The van der Waals surface area contributed by atoms with Crippen LogP contribution in [0.15, 0.2) is 71.9 Å². The zero-order valence-electron chi connectivity index (χ0n) is 21.5. The molecule has 3 aromatic carbocycles. The summed E-state index contributed by atoms with van der Waals surface area (Å²) in [5.74, 6) is -0.0444. The molecule has 0 bridgehead atoms. The first-order valence-electron chi connectivity index (χ1n) is 12.5. The quantitative estimate of drug-likeness (QED) is 0.442. The summed E-state index contributed by atoms with van der Waals surface area (Å²) < 4.78 is 0. The highest BCUT2D eigenvalue weighted by molar-refractivity contribution is 6.02. The van der Waals surface area contributed by atoms with E-state index in [1.54, 1.807) is 23.1 Å². The number of likely N-dealkylation sites (tertiary alicyclic amines) is 1. The van der Waals surface area contributed by atoms with Crippen LogP contribution in [0.4, 0.5) is 0 Å². The minimum absolute atomic E-state index is 0.118. The Balaban J connectivity index is 1.45. The van der Waals surface area contributed by atoms with E-state index in [1.807, 2.05) is 43.3 Å². The van der Waals surface area contributed by atoms with Gasteiger partial charge in [0.15, 0.2) is 0 Å². The van der Waals surface area contributed by atoms with Crippen LogP contribution in [0.25, 0.3) is 11.1 Å². The number of hydrogen-bond donors (Lipinski definition) is 2. The second kappa shape index (κ2) is 11.7. The maximum absolute atomic E-state index is 13.6. The van der Waals surface area contributed by atoms with Gasteiger partial charge in [0.25, 0.3) is 5.91 Å². The first-order valence-corrected chi connectivity index (χ1v) is 12.5. The van der Waals surface area contributed by atoms with Gasteiger partial charge in [0, 0.05) is 31.0 Å². The highest BCUT2D eigenvalue weighted by Gasteiger charge is 2.35. The van der Waals surface area contributed by atoms with Gasteiger partial charge in [0.2, 0.25) is 5.91 Å². The lowest BCUT2D eigenvalue weighted by molar-refractivity contribution is -0.121. The van der Waals surface area contributed by atoms with E-state index in [2.05, 4.69) is 29.5 Å².